The summed E-state index contributed by atoms with van der Waals surface area (Å²) in [5.74, 6) is -2.29. The van der Waals surface area contributed by atoms with Crippen molar-refractivity contribution in [2.24, 2.45) is 17.6 Å². The van der Waals surface area contributed by atoms with E-state index >= 15 is 4.39 Å². The number of alkyl halides is 1. The maximum absolute atomic E-state index is 15.1. The SMILES string of the molecule is NC[C@]12CN(c3cc4c(cc3F)c(=O)c(C(=O)O)cn4OC(F)C3CC3)C[C@H]1CCO2. The van der Waals surface area contributed by atoms with Crippen molar-refractivity contribution in [1.82, 2.24) is 4.73 Å². The van der Waals surface area contributed by atoms with Gasteiger partial charge < -0.3 is 25.3 Å². The third kappa shape index (κ3) is 3.25. The highest BCUT2D eigenvalue weighted by Crippen LogP contribution is 2.41. The summed E-state index contributed by atoms with van der Waals surface area (Å²) in [7, 11) is 0. The number of nitrogens with zero attached hydrogens (tertiary/aromatic N) is 2. The lowest BCUT2D eigenvalue weighted by Gasteiger charge is -2.27. The number of fused-ring (bicyclic) bond motifs is 2. The van der Waals surface area contributed by atoms with Crippen molar-refractivity contribution in [2.45, 2.75) is 31.2 Å². The molecule has 0 radical (unpaired) electrons. The molecule has 166 valence electrons. The molecule has 3 fully saturated rings. The summed E-state index contributed by atoms with van der Waals surface area (Å²) in [6.07, 6.45) is 1.46. The molecule has 0 bridgehead atoms. The van der Waals surface area contributed by atoms with Crippen molar-refractivity contribution < 1.29 is 28.3 Å². The largest absolute Gasteiger partial charge is 0.477 e. The molecule has 2 aliphatic heterocycles. The second kappa shape index (κ2) is 7.16. The molecule has 3 aliphatic rings. The van der Waals surface area contributed by atoms with Crippen LogP contribution in [0.1, 0.15) is 29.6 Å². The zero-order chi connectivity index (χ0) is 21.9. The van der Waals surface area contributed by atoms with E-state index in [0.29, 0.717) is 39.1 Å². The van der Waals surface area contributed by atoms with Gasteiger partial charge in [0.2, 0.25) is 5.43 Å². The number of carboxylic acid groups (broad SMARTS) is 1. The Hall–Kier alpha value is -2.72. The van der Waals surface area contributed by atoms with Crippen molar-refractivity contribution in [2.75, 3.05) is 31.1 Å². The van der Waals surface area contributed by atoms with Gasteiger partial charge in [-0.2, -0.15) is 9.12 Å². The summed E-state index contributed by atoms with van der Waals surface area (Å²) in [6, 6.07) is 2.40. The van der Waals surface area contributed by atoms with Gasteiger partial charge in [0.15, 0.2) is 0 Å². The lowest BCUT2D eigenvalue weighted by atomic mass is 9.91. The number of hydrogen-bond acceptors (Lipinski definition) is 6. The van der Waals surface area contributed by atoms with Crippen LogP contribution in [0.5, 0.6) is 0 Å². The average Bonchev–Trinajstić information content (AvgIpc) is 3.42. The fourth-order valence-corrected chi connectivity index (χ4v) is 4.69. The van der Waals surface area contributed by atoms with Crippen LogP contribution in [-0.4, -0.2) is 54.0 Å². The Morgan fingerprint density at radius 2 is 2.16 bits per heavy atom. The summed E-state index contributed by atoms with van der Waals surface area (Å²) in [6.45, 7) is 1.85. The first-order valence-electron chi connectivity index (χ1n) is 10.4. The summed E-state index contributed by atoms with van der Waals surface area (Å²) < 4.78 is 36.3. The number of halogens is 2. The van der Waals surface area contributed by atoms with E-state index in [0.717, 1.165) is 23.4 Å². The van der Waals surface area contributed by atoms with Gasteiger partial charge in [0, 0.05) is 38.1 Å². The molecule has 10 heteroatoms. The van der Waals surface area contributed by atoms with Gasteiger partial charge in [-0.25, -0.2) is 9.18 Å². The minimum absolute atomic E-state index is 0.106. The lowest BCUT2D eigenvalue weighted by molar-refractivity contribution is -0.0564. The standard InChI is InChI=1S/C21H23F2N3O5/c22-15-5-13-16(6-17(15)25-7-12-3-4-30-21(12,9-24)10-25)26(31-19(23)11-1-2-11)8-14(18(13)27)20(28)29/h5-6,8,11-12,19H,1-4,7,9-10,24H2,(H,28,29)/t12-,19?,21+/m1/s1. The minimum Gasteiger partial charge on any atom is -0.477 e. The lowest BCUT2D eigenvalue weighted by Crippen LogP contribution is -2.44. The maximum atomic E-state index is 15.1. The molecule has 0 amide bonds. The van der Waals surface area contributed by atoms with E-state index in [1.807, 2.05) is 0 Å². The van der Waals surface area contributed by atoms with Crippen LogP contribution in [0.15, 0.2) is 23.1 Å². The molecule has 8 nitrogen and oxygen atoms in total. The quantitative estimate of drug-likeness (QED) is 0.709. The summed E-state index contributed by atoms with van der Waals surface area (Å²) >= 11 is 0. The third-order valence-electron chi connectivity index (χ3n) is 6.66. The Labute approximate surface area is 176 Å². The smallest absolute Gasteiger partial charge is 0.341 e. The Morgan fingerprint density at radius 1 is 1.39 bits per heavy atom. The number of benzene rings is 1. The number of pyridine rings is 1. The number of anilines is 1. The van der Waals surface area contributed by atoms with Crippen LogP contribution < -0.4 is 20.9 Å². The molecule has 1 unspecified atom stereocenters. The number of carbonyl (C=O) groups is 1. The number of ether oxygens (including phenoxy) is 1. The van der Waals surface area contributed by atoms with Gasteiger partial charge in [-0.3, -0.25) is 4.79 Å². The van der Waals surface area contributed by atoms with Crippen LogP contribution in [0.2, 0.25) is 0 Å². The molecule has 1 saturated carbocycles. The van der Waals surface area contributed by atoms with Gasteiger partial charge in [-0.15, -0.1) is 0 Å². The fraction of sp³-hybridized carbons (Fsp3) is 0.524. The Bertz CT molecular complexity index is 1120. The number of aromatic carboxylic acids is 1. The van der Waals surface area contributed by atoms with Crippen molar-refractivity contribution in [3.63, 3.8) is 0 Å². The third-order valence-corrected chi connectivity index (χ3v) is 6.66. The van der Waals surface area contributed by atoms with E-state index in [4.69, 9.17) is 15.3 Å². The maximum Gasteiger partial charge on any atom is 0.341 e. The van der Waals surface area contributed by atoms with E-state index in [9.17, 15) is 19.1 Å². The summed E-state index contributed by atoms with van der Waals surface area (Å²) in [5.41, 5.74) is 4.25. The van der Waals surface area contributed by atoms with Gasteiger partial charge >= 0.3 is 5.97 Å². The molecule has 31 heavy (non-hydrogen) atoms. The Kier molecular flexibility index (Phi) is 4.67. The number of carboxylic acids is 1. The van der Waals surface area contributed by atoms with Crippen LogP contribution in [0.25, 0.3) is 10.9 Å². The molecule has 3 atom stereocenters. The molecule has 1 aliphatic carbocycles. The fourth-order valence-electron chi connectivity index (χ4n) is 4.69. The molecule has 1 aromatic heterocycles. The van der Waals surface area contributed by atoms with E-state index < -0.39 is 34.7 Å². The number of nitrogens with two attached hydrogens (primary N) is 1. The molecule has 2 aromatic rings. The Balaban J connectivity index is 1.61. The first kappa shape index (κ1) is 20.2. The second-order valence-electron chi connectivity index (χ2n) is 8.60. The highest BCUT2D eigenvalue weighted by Gasteiger charge is 2.50. The van der Waals surface area contributed by atoms with Gasteiger partial charge in [0.1, 0.15) is 17.0 Å². The topological polar surface area (TPSA) is 107 Å². The Morgan fingerprint density at radius 3 is 2.81 bits per heavy atom. The number of aromatic nitrogens is 1. The monoisotopic (exact) mass is 435 g/mol. The van der Waals surface area contributed by atoms with Gasteiger partial charge in [0.05, 0.1) is 22.8 Å². The van der Waals surface area contributed by atoms with Gasteiger partial charge in [-0.1, -0.05) is 0 Å². The zero-order valence-corrected chi connectivity index (χ0v) is 16.7. The van der Waals surface area contributed by atoms with Crippen LogP contribution in [0.3, 0.4) is 0 Å². The molecule has 5 rings (SSSR count). The van der Waals surface area contributed by atoms with Gasteiger partial charge in [-0.05, 0) is 31.4 Å². The molecular formula is C21H23F2N3O5. The van der Waals surface area contributed by atoms with E-state index in [-0.39, 0.29) is 28.4 Å². The highest BCUT2D eigenvalue weighted by molar-refractivity contribution is 5.93. The van der Waals surface area contributed by atoms with Crippen molar-refractivity contribution in [1.29, 1.82) is 0 Å². The highest BCUT2D eigenvalue weighted by atomic mass is 19.1. The second-order valence-corrected chi connectivity index (χ2v) is 8.60. The predicted octanol–water partition coefficient (Wildman–Crippen LogP) is 1.53. The van der Waals surface area contributed by atoms with Crippen molar-refractivity contribution >= 4 is 22.6 Å². The van der Waals surface area contributed by atoms with Gasteiger partial charge in [0.25, 0.3) is 6.36 Å². The molecule has 3 N–H and O–H groups in total. The van der Waals surface area contributed by atoms with E-state index in [1.54, 1.807) is 4.90 Å². The van der Waals surface area contributed by atoms with Crippen LogP contribution in [0.4, 0.5) is 14.5 Å². The normalized spacial score (nSPS) is 26.3. The zero-order valence-electron chi connectivity index (χ0n) is 16.7. The minimum atomic E-state index is -1.65. The van der Waals surface area contributed by atoms with Crippen molar-refractivity contribution in [3.05, 3.63) is 39.9 Å². The summed E-state index contributed by atoms with van der Waals surface area (Å²) in [4.78, 5) is 31.3. The van der Waals surface area contributed by atoms with Crippen LogP contribution in [0, 0.1) is 17.7 Å². The van der Waals surface area contributed by atoms with Crippen molar-refractivity contribution in [3.8, 4) is 0 Å². The first-order chi connectivity index (χ1) is 14.8. The van der Waals surface area contributed by atoms with Crippen LogP contribution >= 0.6 is 0 Å². The molecule has 1 aromatic carbocycles. The molecule has 3 heterocycles. The molecular weight excluding hydrogens is 412 g/mol. The molecule has 2 saturated heterocycles. The predicted molar refractivity (Wildman–Crippen MR) is 107 cm³/mol. The molecule has 0 spiro atoms. The first-order valence-corrected chi connectivity index (χ1v) is 10.4. The summed E-state index contributed by atoms with van der Waals surface area (Å²) in [5, 5.41) is 9.17. The number of rotatable bonds is 6. The van der Waals surface area contributed by atoms with E-state index in [1.165, 1.54) is 6.07 Å². The van der Waals surface area contributed by atoms with E-state index in [2.05, 4.69) is 0 Å². The van der Waals surface area contributed by atoms with Crippen LogP contribution in [-0.2, 0) is 4.74 Å². The number of hydrogen-bond donors (Lipinski definition) is 2. The average molecular weight is 435 g/mol.